The maximum absolute atomic E-state index is 10.6. The van der Waals surface area contributed by atoms with E-state index in [2.05, 4.69) is 20.8 Å². The molecule has 0 amide bonds. The van der Waals surface area contributed by atoms with E-state index in [0.29, 0.717) is 16.7 Å². The molecule has 0 aromatic carbocycles. The lowest BCUT2D eigenvalue weighted by molar-refractivity contribution is -0.109. The average molecular weight is 180 g/mol. The minimum Gasteiger partial charge on any atom is -0.303 e. The smallest absolute Gasteiger partial charge is 0.123 e. The van der Waals surface area contributed by atoms with Crippen LogP contribution in [0.3, 0.4) is 0 Å². The van der Waals surface area contributed by atoms with Crippen molar-refractivity contribution in [2.45, 2.75) is 46.5 Å². The van der Waals surface area contributed by atoms with Crippen LogP contribution >= 0.6 is 0 Å². The Hall–Kier alpha value is -0.330. The van der Waals surface area contributed by atoms with Crippen LogP contribution < -0.4 is 0 Å². The van der Waals surface area contributed by atoms with Gasteiger partial charge in [-0.15, -0.1) is 0 Å². The summed E-state index contributed by atoms with van der Waals surface area (Å²) in [7, 11) is 0. The number of hydrogen-bond donors (Lipinski definition) is 0. The first-order chi connectivity index (χ1) is 5.98. The van der Waals surface area contributed by atoms with Crippen molar-refractivity contribution in [3.8, 4) is 0 Å². The molecule has 2 saturated carbocycles. The molecule has 2 aliphatic rings. The first-order valence-corrected chi connectivity index (χ1v) is 5.43. The van der Waals surface area contributed by atoms with E-state index in [-0.39, 0.29) is 0 Å². The van der Waals surface area contributed by atoms with Crippen molar-refractivity contribution >= 4 is 6.29 Å². The lowest BCUT2D eigenvalue weighted by Crippen LogP contribution is -2.01. The van der Waals surface area contributed by atoms with Gasteiger partial charge >= 0.3 is 0 Å². The average Bonchev–Trinajstić information content (AvgIpc) is 2.87. The van der Waals surface area contributed by atoms with Crippen LogP contribution in [0.1, 0.15) is 46.5 Å². The molecule has 0 N–H and O–H groups in total. The highest BCUT2D eigenvalue weighted by molar-refractivity contribution is 5.59. The molecular weight excluding hydrogens is 160 g/mol. The van der Waals surface area contributed by atoms with E-state index in [9.17, 15) is 4.79 Å². The van der Waals surface area contributed by atoms with E-state index in [4.69, 9.17) is 0 Å². The second-order valence-corrected chi connectivity index (χ2v) is 6.03. The lowest BCUT2D eigenvalue weighted by atomic mass is 9.96. The van der Waals surface area contributed by atoms with Crippen LogP contribution in [0.15, 0.2) is 0 Å². The molecule has 13 heavy (non-hydrogen) atoms. The summed E-state index contributed by atoms with van der Waals surface area (Å²) in [5.41, 5.74) is 1.00. The van der Waals surface area contributed by atoms with Gasteiger partial charge in [-0.25, -0.2) is 0 Å². The van der Waals surface area contributed by atoms with Gasteiger partial charge < -0.3 is 4.79 Å². The maximum Gasteiger partial charge on any atom is 0.123 e. The van der Waals surface area contributed by atoms with Crippen molar-refractivity contribution in [3.05, 3.63) is 0 Å². The van der Waals surface area contributed by atoms with E-state index in [1.165, 1.54) is 19.3 Å². The van der Waals surface area contributed by atoms with Gasteiger partial charge in [0.05, 0.1) is 0 Å². The predicted octanol–water partition coefficient (Wildman–Crippen LogP) is 3.04. The van der Waals surface area contributed by atoms with Gasteiger partial charge in [0.25, 0.3) is 0 Å². The molecule has 0 unspecified atom stereocenters. The highest BCUT2D eigenvalue weighted by atomic mass is 16.1. The fourth-order valence-corrected chi connectivity index (χ4v) is 2.52. The SMILES string of the molecule is CC1(C)C[C@H]1CC[C@]1(C)C[C@@H]1C=O. The van der Waals surface area contributed by atoms with E-state index < -0.39 is 0 Å². The van der Waals surface area contributed by atoms with Crippen molar-refractivity contribution in [2.75, 3.05) is 0 Å². The summed E-state index contributed by atoms with van der Waals surface area (Å²) in [6.07, 6.45) is 6.30. The van der Waals surface area contributed by atoms with E-state index >= 15 is 0 Å². The molecule has 1 nitrogen and oxygen atoms in total. The van der Waals surface area contributed by atoms with Gasteiger partial charge in [0, 0.05) is 5.92 Å². The van der Waals surface area contributed by atoms with Crippen molar-refractivity contribution < 1.29 is 4.79 Å². The molecule has 1 heteroatoms. The van der Waals surface area contributed by atoms with Crippen LogP contribution in [0.2, 0.25) is 0 Å². The largest absolute Gasteiger partial charge is 0.303 e. The summed E-state index contributed by atoms with van der Waals surface area (Å²) < 4.78 is 0. The Labute approximate surface area is 80.9 Å². The van der Waals surface area contributed by atoms with Gasteiger partial charge in [0.1, 0.15) is 6.29 Å². The Bertz CT molecular complexity index is 231. The highest BCUT2D eigenvalue weighted by Crippen LogP contribution is 2.60. The fraction of sp³-hybridized carbons (Fsp3) is 0.917. The maximum atomic E-state index is 10.6. The number of aldehydes is 1. The Kier molecular flexibility index (Phi) is 1.84. The molecule has 3 atom stereocenters. The third kappa shape index (κ3) is 1.66. The van der Waals surface area contributed by atoms with Crippen LogP contribution in [-0.2, 0) is 4.79 Å². The Morgan fingerprint density at radius 2 is 1.92 bits per heavy atom. The van der Waals surface area contributed by atoms with Crippen LogP contribution in [0.25, 0.3) is 0 Å². The monoisotopic (exact) mass is 180 g/mol. The zero-order valence-electron chi connectivity index (χ0n) is 8.97. The van der Waals surface area contributed by atoms with Gasteiger partial charge in [-0.1, -0.05) is 20.8 Å². The molecule has 74 valence electrons. The van der Waals surface area contributed by atoms with Gasteiger partial charge in [-0.3, -0.25) is 0 Å². The Morgan fingerprint density at radius 3 is 2.31 bits per heavy atom. The Morgan fingerprint density at radius 1 is 1.31 bits per heavy atom. The van der Waals surface area contributed by atoms with Gasteiger partial charge in [-0.2, -0.15) is 0 Å². The van der Waals surface area contributed by atoms with Crippen LogP contribution in [0, 0.1) is 22.7 Å². The Balaban J connectivity index is 1.73. The first-order valence-electron chi connectivity index (χ1n) is 5.43. The summed E-state index contributed by atoms with van der Waals surface area (Å²) in [5.74, 6) is 1.33. The number of carbonyl (C=O) groups excluding carboxylic acids is 1. The third-order valence-corrected chi connectivity index (χ3v) is 4.37. The molecule has 0 aromatic rings. The molecule has 0 heterocycles. The van der Waals surface area contributed by atoms with Gasteiger partial charge in [0.15, 0.2) is 0 Å². The minimum absolute atomic E-state index is 0.384. The van der Waals surface area contributed by atoms with Crippen molar-refractivity contribution in [1.82, 2.24) is 0 Å². The normalized spacial score (nSPS) is 45.8. The predicted molar refractivity (Wildman–Crippen MR) is 53.4 cm³/mol. The second kappa shape index (κ2) is 2.59. The van der Waals surface area contributed by atoms with E-state index in [0.717, 1.165) is 18.6 Å². The minimum atomic E-state index is 0.384. The number of carbonyl (C=O) groups is 1. The summed E-state index contributed by atoms with van der Waals surface area (Å²) >= 11 is 0. The van der Waals surface area contributed by atoms with Crippen LogP contribution in [0.5, 0.6) is 0 Å². The molecular formula is C12H20O. The van der Waals surface area contributed by atoms with Crippen LogP contribution in [0.4, 0.5) is 0 Å². The molecule has 0 radical (unpaired) electrons. The number of rotatable bonds is 4. The molecule has 0 spiro atoms. The molecule has 2 rings (SSSR count). The summed E-state index contributed by atoms with van der Waals surface area (Å²) in [5, 5.41) is 0. The zero-order chi connectivity index (χ0) is 9.69. The van der Waals surface area contributed by atoms with E-state index in [1.807, 2.05) is 0 Å². The molecule has 2 aliphatic carbocycles. The molecule has 0 aromatic heterocycles. The molecule has 0 saturated heterocycles. The molecule has 0 aliphatic heterocycles. The van der Waals surface area contributed by atoms with Crippen LogP contribution in [-0.4, -0.2) is 6.29 Å². The quantitative estimate of drug-likeness (QED) is 0.608. The third-order valence-electron chi connectivity index (χ3n) is 4.37. The fourth-order valence-electron chi connectivity index (χ4n) is 2.52. The summed E-state index contributed by atoms with van der Waals surface area (Å²) in [6.45, 7) is 6.97. The molecule has 0 bridgehead atoms. The van der Waals surface area contributed by atoms with Gasteiger partial charge in [0.2, 0.25) is 0 Å². The van der Waals surface area contributed by atoms with Crippen molar-refractivity contribution in [3.63, 3.8) is 0 Å². The number of hydrogen-bond acceptors (Lipinski definition) is 1. The topological polar surface area (TPSA) is 17.1 Å². The van der Waals surface area contributed by atoms with Crippen molar-refractivity contribution in [1.29, 1.82) is 0 Å². The first kappa shape index (κ1) is 9.23. The van der Waals surface area contributed by atoms with Gasteiger partial charge in [-0.05, 0) is 42.4 Å². The zero-order valence-corrected chi connectivity index (χ0v) is 8.97. The molecule has 2 fully saturated rings. The standard InChI is InChI=1S/C12H20O/c1-11(2)6-9(11)4-5-12(3)7-10(12)8-13/h8-10H,4-7H2,1-3H3/t9-,10-,12-/m1/s1. The summed E-state index contributed by atoms with van der Waals surface area (Å²) in [4.78, 5) is 10.6. The van der Waals surface area contributed by atoms with Crippen molar-refractivity contribution in [2.24, 2.45) is 22.7 Å². The highest BCUT2D eigenvalue weighted by Gasteiger charge is 2.52. The lowest BCUT2D eigenvalue weighted by Gasteiger charge is -2.09. The summed E-state index contributed by atoms with van der Waals surface area (Å²) in [6, 6.07) is 0. The second-order valence-electron chi connectivity index (χ2n) is 6.03. The van der Waals surface area contributed by atoms with E-state index in [1.54, 1.807) is 0 Å².